The number of nitro groups is 1. The van der Waals surface area contributed by atoms with Crippen LogP contribution in [0.25, 0.3) is 0 Å². The van der Waals surface area contributed by atoms with Crippen LogP contribution in [0, 0.1) is 10.1 Å². The smallest absolute Gasteiger partial charge is 0.339 e. The molecule has 0 spiro atoms. The molecule has 0 aliphatic rings. The van der Waals surface area contributed by atoms with E-state index in [9.17, 15) is 18.5 Å². The van der Waals surface area contributed by atoms with E-state index in [1.165, 1.54) is 18.2 Å². The summed E-state index contributed by atoms with van der Waals surface area (Å²) in [5.74, 6) is -0.0113. The second-order valence-corrected chi connectivity index (χ2v) is 6.23. The molecule has 110 valence electrons. The summed E-state index contributed by atoms with van der Waals surface area (Å²) < 4.78 is 28.9. The van der Waals surface area contributed by atoms with Crippen molar-refractivity contribution >= 4 is 39.0 Å². The molecule has 0 unspecified atom stereocenters. The molecule has 0 amide bonds. The van der Waals surface area contributed by atoms with Crippen LogP contribution in [0.15, 0.2) is 47.4 Å². The van der Waals surface area contributed by atoms with Gasteiger partial charge in [0, 0.05) is 18.2 Å². The number of rotatable bonds is 4. The molecule has 2 aromatic carbocycles. The molecule has 0 saturated carbocycles. The van der Waals surface area contributed by atoms with Crippen LogP contribution in [0.3, 0.4) is 0 Å². The summed E-state index contributed by atoms with van der Waals surface area (Å²) in [5.41, 5.74) is -0.219. The van der Waals surface area contributed by atoms with E-state index in [1.807, 2.05) is 0 Å². The molecule has 2 rings (SSSR count). The lowest BCUT2D eigenvalue weighted by Gasteiger charge is -2.07. The van der Waals surface area contributed by atoms with Gasteiger partial charge in [0.05, 0.1) is 15.0 Å². The molecule has 0 aliphatic heterocycles. The first-order chi connectivity index (χ1) is 9.79. The van der Waals surface area contributed by atoms with Gasteiger partial charge in [-0.15, -0.1) is 0 Å². The first kappa shape index (κ1) is 15.6. The monoisotopic (exact) mass is 347 g/mol. The molecule has 9 heteroatoms. The maximum atomic E-state index is 12.0. The van der Waals surface area contributed by atoms with Crippen LogP contribution < -0.4 is 4.18 Å². The minimum Gasteiger partial charge on any atom is -0.379 e. The van der Waals surface area contributed by atoms with Crippen molar-refractivity contribution in [2.24, 2.45) is 0 Å². The lowest BCUT2D eigenvalue weighted by Crippen LogP contribution is -2.09. The fraction of sp³-hybridized carbons (Fsp3) is 0. The summed E-state index contributed by atoms with van der Waals surface area (Å²) in [6, 6.07) is 8.32. The molecule has 0 N–H and O–H groups in total. The standard InChI is InChI=1S/C12H7Cl2NO5S/c13-11-6-3-9(7-12(11)14)20-21(18,19)10-4-1-8(2-5-10)15(16)17/h1-7H. The molecule has 0 aromatic heterocycles. The fourth-order valence-corrected chi connectivity index (χ4v) is 2.65. The molecule has 0 atom stereocenters. The van der Waals surface area contributed by atoms with E-state index in [0.717, 1.165) is 24.3 Å². The summed E-state index contributed by atoms with van der Waals surface area (Å²) >= 11 is 11.5. The van der Waals surface area contributed by atoms with E-state index in [1.54, 1.807) is 0 Å². The van der Waals surface area contributed by atoms with Gasteiger partial charge in [0.25, 0.3) is 5.69 Å². The Kier molecular flexibility index (Phi) is 4.36. The van der Waals surface area contributed by atoms with Gasteiger partial charge in [-0.25, -0.2) is 0 Å². The summed E-state index contributed by atoms with van der Waals surface area (Å²) in [7, 11) is -4.11. The summed E-state index contributed by atoms with van der Waals surface area (Å²) in [6.07, 6.45) is 0. The Bertz CT molecular complexity index is 790. The average Bonchev–Trinajstić information content (AvgIpc) is 2.43. The van der Waals surface area contributed by atoms with Crippen LogP contribution in [0.1, 0.15) is 0 Å². The first-order valence-corrected chi connectivity index (χ1v) is 7.60. The van der Waals surface area contributed by atoms with Gasteiger partial charge in [0.1, 0.15) is 10.6 Å². The van der Waals surface area contributed by atoms with Crippen molar-refractivity contribution in [2.45, 2.75) is 4.90 Å². The molecule has 0 heterocycles. The second-order valence-electron chi connectivity index (χ2n) is 3.86. The summed E-state index contributed by atoms with van der Waals surface area (Å²) in [5, 5.41) is 10.9. The molecular formula is C12H7Cl2NO5S. The highest BCUT2D eigenvalue weighted by atomic mass is 35.5. The van der Waals surface area contributed by atoms with Crippen molar-refractivity contribution in [3.8, 4) is 5.75 Å². The van der Waals surface area contributed by atoms with E-state index < -0.39 is 15.0 Å². The zero-order valence-electron chi connectivity index (χ0n) is 10.2. The molecular weight excluding hydrogens is 341 g/mol. The Morgan fingerprint density at radius 1 is 1.00 bits per heavy atom. The highest BCUT2D eigenvalue weighted by molar-refractivity contribution is 7.87. The number of benzene rings is 2. The van der Waals surface area contributed by atoms with E-state index in [0.29, 0.717) is 0 Å². The van der Waals surface area contributed by atoms with Crippen LogP contribution in [0.5, 0.6) is 5.75 Å². The van der Waals surface area contributed by atoms with Crippen molar-refractivity contribution in [1.29, 1.82) is 0 Å². The number of nitrogens with zero attached hydrogens (tertiary/aromatic N) is 1. The molecule has 0 bridgehead atoms. The molecule has 0 radical (unpaired) electrons. The van der Waals surface area contributed by atoms with Gasteiger partial charge in [-0.3, -0.25) is 10.1 Å². The van der Waals surface area contributed by atoms with Crippen molar-refractivity contribution in [2.75, 3.05) is 0 Å². The first-order valence-electron chi connectivity index (χ1n) is 5.43. The van der Waals surface area contributed by atoms with Crippen LogP contribution in [0.4, 0.5) is 5.69 Å². The molecule has 0 saturated heterocycles. The van der Waals surface area contributed by atoms with Crippen molar-refractivity contribution in [3.63, 3.8) is 0 Å². The Morgan fingerprint density at radius 2 is 1.62 bits per heavy atom. The molecule has 0 fully saturated rings. The highest BCUT2D eigenvalue weighted by Gasteiger charge is 2.18. The quantitative estimate of drug-likeness (QED) is 0.478. The fourth-order valence-electron chi connectivity index (χ4n) is 1.44. The highest BCUT2D eigenvalue weighted by Crippen LogP contribution is 2.28. The third-order valence-corrected chi connectivity index (χ3v) is 4.43. The van der Waals surface area contributed by atoms with Crippen LogP contribution in [0.2, 0.25) is 10.0 Å². The third-order valence-electron chi connectivity index (χ3n) is 2.43. The van der Waals surface area contributed by atoms with Crippen molar-refractivity contribution < 1.29 is 17.5 Å². The molecule has 2 aromatic rings. The van der Waals surface area contributed by atoms with E-state index in [-0.39, 0.29) is 26.4 Å². The largest absolute Gasteiger partial charge is 0.379 e. The van der Waals surface area contributed by atoms with Gasteiger partial charge >= 0.3 is 10.1 Å². The zero-order valence-corrected chi connectivity index (χ0v) is 12.5. The van der Waals surface area contributed by atoms with Gasteiger partial charge < -0.3 is 4.18 Å². The van der Waals surface area contributed by atoms with Crippen LogP contribution in [-0.4, -0.2) is 13.3 Å². The Morgan fingerprint density at radius 3 is 2.14 bits per heavy atom. The average molecular weight is 348 g/mol. The van der Waals surface area contributed by atoms with Crippen LogP contribution in [-0.2, 0) is 10.1 Å². The third kappa shape index (κ3) is 3.63. The lowest BCUT2D eigenvalue weighted by atomic mass is 10.3. The number of nitro benzene ring substituents is 1. The van der Waals surface area contributed by atoms with Gasteiger partial charge in [0.15, 0.2) is 0 Å². The predicted molar refractivity (Wildman–Crippen MR) is 77.4 cm³/mol. The Balaban J connectivity index is 2.29. The number of non-ortho nitro benzene ring substituents is 1. The van der Waals surface area contributed by atoms with Crippen molar-refractivity contribution in [1.82, 2.24) is 0 Å². The van der Waals surface area contributed by atoms with Crippen LogP contribution >= 0.6 is 23.2 Å². The topological polar surface area (TPSA) is 86.5 Å². The number of hydrogen-bond donors (Lipinski definition) is 0. The number of halogens is 2. The zero-order chi connectivity index (χ0) is 15.6. The molecule has 21 heavy (non-hydrogen) atoms. The summed E-state index contributed by atoms with van der Waals surface area (Å²) in [4.78, 5) is 9.68. The van der Waals surface area contributed by atoms with Gasteiger partial charge in [-0.1, -0.05) is 23.2 Å². The Hall–Kier alpha value is -1.83. The minimum absolute atomic E-state index is 0.0113. The maximum Gasteiger partial charge on any atom is 0.339 e. The van der Waals surface area contributed by atoms with Gasteiger partial charge in [0.2, 0.25) is 0 Å². The predicted octanol–water partition coefficient (Wildman–Crippen LogP) is 3.67. The number of hydrogen-bond acceptors (Lipinski definition) is 5. The van der Waals surface area contributed by atoms with E-state index >= 15 is 0 Å². The molecule has 6 nitrogen and oxygen atoms in total. The Labute approximate surface area is 130 Å². The molecule has 0 aliphatic carbocycles. The lowest BCUT2D eigenvalue weighted by molar-refractivity contribution is -0.384. The maximum absolute atomic E-state index is 12.0. The SMILES string of the molecule is O=[N+]([O-])c1ccc(S(=O)(=O)Oc2ccc(Cl)c(Cl)c2)cc1. The van der Waals surface area contributed by atoms with Crippen molar-refractivity contribution in [3.05, 3.63) is 62.6 Å². The van der Waals surface area contributed by atoms with E-state index in [4.69, 9.17) is 27.4 Å². The van der Waals surface area contributed by atoms with Gasteiger partial charge in [-0.05, 0) is 24.3 Å². The summed E-state index contributed by atoms with van der Waals surface area (Å²) in [6.45, 7) is 0. The normalized spacial score (nSPS) is 11.1. The minimum atomic E-state index is -4.11. The van der Waals surface area contributed by atoms with Gasteiger partial charge in [-0.2, -0.15) is 8.42 Å². The second kappa shape index (κ2) is 5.88. The van der Waals surface area contributed by atoms with E-state index in [2.05, 4.69) is 0 Å².